The zero-order chi connectivity index (χ0) is 15.5. The number of hydrogen-bond acceptors (Lipinski definition) is 6. The lowest BCUT2D eigenvalue weighted by atomic mass is 10.1. The second kappa shape index (κ2) is 6.44. The van der Waals surface area contributed by atoms with Gasteiger partial charge in [-0.3, -0.25) is 0 Å². The Kier molecular flexibility index (Phi) is 4.00. The number of aromatic nitrogens is 4. The third-order valence-corrected chi connectivity index (χ3v) is 5.22. The molecule has 0 fully saturated rings. The van der Waals surface area contributed by atoms with Crippen LogP contribution in [0.1, 0.15) is 5.82 Å². The van der Waals surface area contributed by atoms with Crippen LogP contribution in [0.4, 0.5) is 0 Å². The van der Waals surface area contributed by atoms with Crippen molar-refractivity contribution < 1.29 is 0 Å². The molecule has 0 aliphatic heterocycles. The normalized spacial score (nSPS) is 11.0. The van der Waals surface area contributed by atoms with Gasteiger partial charge in [0.05, 0.1) is 17.0 Å². The topological polar surface area (TPSA) is 51.6 Å². The van der Waals surface area contributed by atoms with E-state index in [-0.39, 0.29) is 0 Å². The van der Waals surface area contributed by atoms with Gasteiger partial charge in [0, 0.05) is 10.9 Å². The number of thioether (sulfide) groups is 1. The Morgan fingerprint density at radius 3 is 2.57 bits per heavy atom. The van der Waals surface area contributed by atoms with Crippen molar-refractivity contribution in [2.45, 2.75) is 10.1 Å². The molecule has 0 bridgehead atoms. The third kappa shape index (κ3) is 3.09. The summed E-state index contributed by atoms with van der Waals surface area (Å²) in [5.41, 5.74) is 4.78. The maximum atomic E-state index is 4.80. The van der Waals surface area contributed by atoms with E-state index < -0.39 is 0 Å². The van der Waals surface area contributed by atoms with Crippen molar-refractivity contribution in [1.29, 1.82) is 0 Å². The highest BCUT2D eigenvalue weighted by Crippen LogP contribution is 2.28. The highest BCUT2D eigenvalue weighted by molar-refractivity contribution is 8.00. The summed E-state index contributed by atoms with van der Waals surface area (Å²) in [4.78, 5) is 9.48. The third-order valence-electron chi connectivity index (χ3n) is 3.36. The molecule has 112 valence electrons. The van der Waals surface area contributed by atoms with Crippen molar-refractivity contribution >= 4 is 34.0 Å². The minimum atomic E-state index is 0.680. The molecule has 0 amide bonds. The molecule has 0 radical (unpaired) electrons. The van der Waals surface area contributed by atoms with Crippen molar-refractivity contribution in [3.8, 4) is 11.3 Å². The number of para-hydroxylation sites is 1. The van der Waals surface area contributed by atoms with Crippen LogP contribution >= 0.6 is 23.1 Å². The summed E-state index contributed by atoms with van der Waals surface area (Å²) in [6, 6.07) is 18.4. The zero-order valence-corrected chi connectivity index (χ0v) is 13.7. The Balaban J connectivity index is 1.77. The molecule has 0 saturated carbocycles. The summed E-state index contributed by atoms with van der Waals surface area (Å²) >= 11 is 3.14. The molecule has 0 unspecified atom stereocenters. The molecule has 4 aromatic rings. The fourth-order valence-electron chi connectivity index (χ4n) is 2.36. The van der Waals surface area contributed by atoms with E-state index >= 15 is 0 Å². The average molecular weight is 336 g/mol. The SMILES string of the molecule is c1ccc(-c2nc(CSc3nncs3)nc3ccccc23)cc1. The van der Waals surface area contributed by atoms with Crippen molar-refractivity contribution in [1.82, 2.24) is 20.2 Å². The maximum Gasteiger partial charge on any atom is 0.174 e. The Bertz CT molecular complexity index is 924. The van der Waals surface area contributed by atoms with Gasteiger partial charge in [0.2, 0.25) is 0 Å². The van der Waals surface area contributed by atoms with Gasteiger partial charge in [0.1, 0.15) is 11.3 Å². The molecule has 6 heteroatoms. The van der Waals surface area contributed by atoms with E-state index in [4.69, 9.17) is 4.98 Å². The average Bonchev–Trinajstić information content (AvgIpc) is 3.13. The second-order valence-electron chi connectivity index (χ2n) is 4.86. The molecular weight excluding hydrogens is 324 g/mol. The van der Waals surface area contributed by atoms with Gasteiger partial charge in [-0.2, -0.15) is 0 Å². The Hall–Kier alpha value is -2.31. The van der Waals surface area contributed by atoms with Gasteiger partial charge in [-0.1, -0.05) is 71.6 Å². The molecule has 2 aromatic carbocycles. The second-order valence-corrected chi connectivity index (χ2v) is 6.92. The minimum absolute atomic E-state index is 0.680. The standard InChI is InChI=1S/C17H12N4S2/c1-2-6-12(7-3-1)16-13-8-4-5-9-14(13)19-15(20-16)10-22-17-21-18-11-23-17/h1-9,11H,10H2. The summed E-state index contributed by atoms with van der Waals surface area (Å²) in [7, 11) is 0. The first kappa shape index (κ1) is 14.3. The predicted molar refractivity (Wildman–Crippen MR) is 94.4 cm³/mol. The van der Waals surface area contributed by atoms with Crippen LogP contribution < -0.4 is 0 Å². The van der Waals surface area contributed by atoms with Crippen LogP contribution in [0.15, 0.2) is 64.4 Å². The summed E-state index contributed by atoms with van der Waals surface area (Å²) in [5, 5.41) is 8.98. The van der Waals surface area contributed by atoms with E-state index in [1.807, 2.05) is 36.4 Å². The molecule has 0 atom stereocenters. The molecule has 0 aliphatic rings. The molecule has 4 nitrogen and oxygen atoms in total. The molecule has 4 rings (SSSR count). The summed E-state index contributed by atoms with van der Waals surface area (Å²) < 4.78 is 0.933. The van der Waals surface area contributed by atoms with Gasteiger partial charge < -0.3 is 0 Å². The van der Waals surface area contributed by atoms with Crippen molar-refractivity contribution in [3.05, 3.63) is 65.9 Å². The minimum Gasteiger partial charge on any atom is -0.232 e. The molecule has 0 aliphatic carbocycles. The lowest BCUT2D eigenvalue weighted by Gasteiger charge is -2.08. The molecule has 0 N–H and O–H groups in total. The van der Waals surface area contributed by atoms with Gasteiger partial charge in [-0.15, -0.1) is 10.2 Å². The van der Waals surface area contributed by atoms with Crippen LogP contribution in [-0.2, 0) is 5.75 Å². The van der Waals surface area contributed by atoms with E-state index in [0.29, 0.717) is 5.75 Å². The molecule has 23 heavy (non-hydrogen) atoms. The van der Waals surface area contributed by atoms with E-state index in [1.54, 1.807) is 17.3 Å². The van der Waals surface area contributed by atoms with Crippen LogP contribution in [0.2, 0.25) is 0 Å². The largest absolute Gasteiger partial charge is 0.232 e. The first-order valence-corrected chi connectivity index (χ1v) is 8.97. The molecule has 2 aromatic heterocycles. The smallest absolute Gasteiger partial charge is 0.174 e. The summed E-state index contributed by atoms with van der Waals surface area (Å²) in [6.07, 6.45) is 0. The van der Waals surface area contributed by atoms with Crippen LogP contribution in [0, 0.1) is 0 Å². The van der Waals surface area contributed by atoms with Crippen LogP contribution in [0.3, 0.4) is 0 Å². The number of rotatable bonds is 4. The highest BCUT2D eigenvalue weighted by Gasteiger charge is 2.10. The fraction of sp³-hybridized carbons (Fsp3) is 0.0588. The quantitative estimate of drug-likeness (QED) is 0.516. The van der Waals surface area contributed by atoms with Crippen LogP contribution in [-0.4, -0.2) is 20.2 Å². The van der Waals surface area contributed by atoms with Crippen molar-refractivity contribution in [3.63, 3.8) is 0 Å². The summed E-state index contributed by atoms with van der Waals surface area (Å²) in [5.74, 6) is 1.49. The van der Waals surface area contributed by atoms with E-state index in [0.717, 1.165) is 32.3 Å². The Morgan fingerprint density at radius 1 is 0.913 bits per heavy atom. The molecule has 0 spiro atoms. The number of nitrogens with zero attached hydrogens (tertiary/aromatic N) is 4. The first-order valence-electron chi connectivity index (χ1n) is 7.10. The number of fused-ring (bicyclic) bond motifs is 1. The lowest BCUT2D eigenvalue weighted by Crippen LogP contribution is -1.97. The van der Waals surface area contributed by atoms with Gasteiger partial charge >= 0.3 is 0 Å². The van der Waals surface area contributed by atoms with E-state index in [1.165, 1.54) is 11.3 Å². The van der Waals surface area contributed by atoms with Crippen LogP contribution in [0.5, 0.6) is 0 Å². The maximum absolute atomic E-state index is 4.80. The predicted octanol–water partition coefficient (Wildman–Crippen LogP) is 4.44. The van der Waals surface area contributed by atoms with Crippen molar-refractivity contribution in [2.24, 2.45) is 0 Å². The van der Waals surface area contributed by atoms with Gasteiger partial charge in [-0.25, -0.2) is 9.97 Å². The van der Waals surface area contributed by atoms with Gasteiger partial charge in [-0.05, 0) is 6.07 Å². The fourth-order valence-corrected chi connectivity index (χ4v) is 3.70. The van der Waals surface area contributed by atoms with E-state index in [2.05, 4.69) is 33.4 Å². The van der Waals surface area contributed by atoms with Gasteiger partial charge in [0.15, 0.2) is 4.34 Å². The van der Waals surface area contributed by atoms with Crippen LogP contribution in [0.25, 0.3) is 22.2 Å². The molecule has 2 heterocycles. The van der Waals surface area contributed by atoms with Crippen molar-refractivity contribution in [2.75, 3.05) is 0 Å². The molecule has 0 saturated heterocycles. The first-order chi connectivity index (χ1) is 11.4. The Labute approximate surface area is 141 Å². The summed E-state index contributed by atoms with van der Waals surface area (Å²) in [6.45, 7) is 0. The van der Waals surface area contributed by atoms with Gasteiger partial charge in [0.25, 0.3) is 0 Å². The highest BCUT2D eigenvalue weighted by atomic mass is 32.2. The Morgan fingerprint density at radius 2 is 1.74 bits per heavy atom. The zero-order valence-electron chi connectivity index (χ0n) is 12.1. The number of hydrogen-bond donors (Lipinski definition) is 0. The van der Waals surface area contributed by atoms with E-state index in [9.17, 15) is 0 Å². The monoisotopic (exact) mass is 336 g/mol. The lowest BCUT2D eigenvalue weighted by molar-refractivity contribution is 1.01. The molecular formula is C17H12N4S2. The number of benzene rings is 2.